The molecule has 1 aliphatic rings. The van der Waals surface area contributed by atoms with Crippen molar-refractivity contribution in [2.45, 2.75) is 25.4 Å². The molecule has 3 heteroatoms. The quantitative estimate of drug-likeness (QED) is 0.788. The molecule has 13 heavy (non-hydrogen) atoms. The van der Waals surface area contributed by atoms with E-state index in [9.17, 15) is 0 Å². The Morgan fingerprint density at radius 3 is 2.38 bits per heavy atom. The van der Waals surface area contributed by atoms with Crippen molar-refractivity contribution in [3.05, 3.63) is 34.3 Å². The summed E-state index contributed by atoms with van der Waals surface area (Å²) in [5.41, 5.74) is 1.37. The van der Waals surface area contributed by atoms with Gasteiger partial charge in [-0.05, 0) is 30.5 Å². The van der Waals surface area contributed by atoms with Crippen LogP contribution in [-0.4, -0.2) is 6.04 Å². The van der Waals surface area contributed by atoms with E-state index in [1.165, 1.54) is 18.4 Å². The van der Waals surface area contributed by atoms with E-state index in [1.807, 2.05) is 0 Å². The number of hydrogen-bond acceptors (Lipinski definition) is 1. The highest BCUT2D eigenvalue weighted by Gasteiger charge is 2.19. The molecule has 0 aliphatic heterocycles. The van der Waals surface area contributed by atoms with Gasteiger partial charge in [0.05, 0.1) is 0 Å². The molecule has 1 N–H and O–H groups in total. The van der Waals surface area contributed by atoms with E-state index in [0.717, 1.165) is 17.1 Å². The van der Waals surface area contributed by atoms with E-state index in [0.29, 0.717) is 0 Å². The minimum Gasteiger partial charge on any atom is -1.00 e. The van der Waals surface area contributed by atoms with Gasteiger partial charge < -0.3 is 17.7 Å². The molecule has 1 nitrogen and oxygen atoms in total. The molecule has 0 amide bonds. The van der Waals surface area contributed by atoms with Crippen LogP contribution in [0.4, 0.5) is 0 Å². The van der Waals surface area contributed by atoms with E-state index in [1.54, 1.807) is 0 Å². The van der Waals surface area contributed by atoms with Gasteiger partial charge in [-0.15, -0.1) is 0 Å². The number of nitrogens with one attached hydrogen (secondary N) is 1. The molecular weight excluding hydrogens is 249 g/mol. The minimum atomic E-state index is 0. The van der Waals surface area contributed by atoms with Crippen LogP contribution in [0.2, 0.25) is 0 Å². The van der Waals surface area contributed by atoms with Gasteiger partial charge in [0.2, 0.25) is 0 Å². The number of rotatable bonds is 3. The van der Waals surface area contributed by atoms with Gasteiger partial charge in [0.15, 0.2) is 0 Å². The van der Waals surface area contributed by atoms with Gasteiger partial charge in [0.1, 0.15) is 0 Å². The van der Waals surface area contributed by atoms with Crippen LogP contribution in [0, 0.1) is 0 Å². The third-order valence-electron chi connectivity index (χ3n) is 2.09. The van der Waals surface area contributed by atoms with Crippen LogP contribution < -0.4 is 17.7 Å². The van der Waals surface area contributed by atoms with Crippen molar-refractivity contribution in [2.75, 3.05) is 0 Å². The summed E-state index contributed by atoms with van der Waals surface area (Å²) in [6, 6.07) is 9.28. The fourth-order valence-electron chi connectivity index (χ4n) is 1.15. The van der Waals surface area contributed by atoms with Crippen LogP contribution in [0.1, 0.15) is 18.4 Å². The molecule has 1 aromatic rings. The molecule has 0 spiro atoms. The summed E-state index contributed by atoms with van der Waals surface area (Å²) in [5, 5.41) is 3.48. The van der Waals surface area contributed by atoms with E-state index in [2.05, 4.69) is 45.5 Å². The Hall–Kier alpha value is -0.0500. The highest BCUT2D eigenvalue weighted by atomic mass is 79.9. The molecule has 0 radical (unpaired) electrons. The van der Waals surface area contributed by atoms with Crippen molar-refractivity contribution in [3.8, 4) is 0 Å². The third-order valence-corrected chi connectivity index (χ3v) is 2.61. The van der Waals surface area contributed by atoms with Crippen molar-refractivity contribution in [2.24, 2.45) is 0 Å². The van der Waals surface area contributed by atoms with Crippen molar-refractivity contribution < 1.29 is 12.4 Å². The first-order chi connectivity index (χ1) is 5.84. The Balaban J connectivity index is 0.000000845. The number of hydrogen-bond donors (Lipinski definition) is 1. The summed E-state index contributed by atoms with van der Waals surface area (Å²) in [4.78, 5) is 0. The molecule has 0 bridgehead atoms. The molecule has 1 fully saturated rings. The molecule has 0 saturated heterocycles. The van der Waals surface area contributed by atoms with Crippen molar-refractivity contribution in [1.29, 1.82) is 0 Å². The van der Waals surface area contributed by atoms with Crippen LogP contribution in [0.5, 0.6) is 0 Å². The maximum absolute atomic E-state index is 3.48. The molecular formula is C10H12BrClN-. The van der Waals surface area contributed by atoms with Crippen molar-refractivity contribution in [1.82, 2.24) is 5.32 Å². The lowest BCUT2D eigenvalue weighted by molar-refractivity contribution is -0.00000238. The lowest BCUT2D eigenvalue weighted by Gasteiger charge is -2.02. The molecule has 72 valence electrons. The van der Waals surface area contributed by atoms with Gasteiger partial charge in [-0.3, -0.25) is 0 Å². The lowest BCUT2D eigenvalue weighted by atomic mass is 10.2. The zero-order chi connectivity index (χ0) is 8.39. The van der Waals surface area contributed by atoms with Gasteiger partial charge in [0.25, 0.3) is 0 Å². The predicted molar refractivity (Wildman–Crippen MR) is 54.0 cm³/mol. The van der Waals surface area contributed by atoms with Crippen LogP contribution in [-0.2, 0) is 6.54 Å². The standard InChI is InChI=1S/C10H12BrN.ClH/c11-9-3-1-8(2-4-9)7-12-10-5-6-10;/h1-4,10,12H,5-7H2;1H/p-1. The average Bonchev–Trinajstić information content (AvgIpc) is 2.87. The monoisotopic (exact) mass is 260 g/mol. The first kappa shape index (κ1) is 11.0. The Morgan fingerprint density at radius 2 is 1.85 bits per heavy atom. The van der Waals surface area contributed by atoms with E-state index >= 15 is 0 Å². The Kier molecular flexibility index (Phi) is 4.23. The average molecular weight is 262 g/mol. The number of halogens is 2. The summed E-state index contributed by atoms with van der Waals surface area (Å²) in [5.74, 6) is 0. The highest BCUT2D eigenvalue weighted by Crippen LogP contribution is 2.19. The molecule has 1 aromatic carbocycles. The largest absolute Gasteiger partial charge is 1.00 e. The normalized spacial score (nSPS) is 15.2. The van der Waals surface area contributed by atoms with Gasteiger partial charge in [0, 0.05) is 17.1 Å². The second-order valence-corrected chi connectivity index (χ2v) is 4.20. The van der Waals surface area contributed by atoms with E-state index < -0.39 is 0 Å². The first-order valence-electron chi connectivity index (χ1n) is 4.32. The maximum atomic E-state index is 3.48. The molecule has 1 aliphatic carbocycles. The molecule has 2 rings (SSSR count). The SMILES string of the molecule is Brc1ccc(CNC2CC2)cc1.[Cl-]. The predicted octanol–water partition coefficient (Wildman–Crippen LogP) is -0.295. The molecule has 1 saturated carbocycles. The maximum Gasteiger partial charge on any atom is 0.0208 e. The Morgan fingerprint density at radius 1 is 1.23 bits per heavy atom. The Bertz CT molecular complexity index is 256. The lowest BCUT2D eigenvalue weighted by Crippen LogP contribution is -3.00. The first-order valence-corrected chi connectivity index (χ1v) is 5.12. The van der Waals surface area contributed by atoms with Crippen molar-refractivity contribution >= 4 is 15.9 Å². The Labute approximate surface area is 93.5 Å². The fourth-order valence-corrected chi connectivity index (χ4v) is 1.42. The van der Waals surface area contributed by atoms with Gasteiger partial charge in [-0.1, -0.05) is 28.1 Å². The topological polar surface area (TPSA) is 12.0 Å². The van der Waals surface area contributed by atoms with Crippen LogP contribution in [0.15, 0.2) is 28.7 Å². The highest BCUT2D eigenvalue weighted by molar-refractivity contribution is 9.10. The summed E-state index contributed by atoms with van der Waals surface area (Å²) < 4.78 is 1.15. The zero-order valence-electron chi connectivity index (χ0n) is 7.26. The second-order valence-electron chi connectivity index (χ2n) is 3.28. The molecule has 0 aromatic heterocycles. The van der Waals surface area contributed by atoms with Gasteiger partial charge in [-0.25, -0.2) is 0 Å². The van der Waals surface area contributed by atoms with E-state index in [-0.39, 0.29) is 12.4 Å². The van der Waals surface area contributed by atoms with Crippen LogP contribution in [0.3, 0.4) is 0 Å². The third kappa shape index (κ3) is 3.67. The van der Waals surface area contributed by atoms with Gasteiger partial charge >= 0.3 is 0 Å². The molecule has 0 atom stereocenters. The summed E-state index contributed by atoms with van der Waals surface area (Å²) in [6.07, 6.45) is 2.72. The van der Waals surface area contributed by atoms with E-state index in [4.69, 9.17) is 0 Å². The molecule has 0 heterocycles. The minimum absolute atomic E-state index is 0. The molecule has 0 unspecified atom stereocenters. The van der Waals surface area contributed by atoms with Gasteiger partial charge in [-0.2, -0.15) is 0 Å². The summed E-state index contributed by atoms with van der Waals surface area (Å²) >= 11 is 3.42. The smallest absolute Gasteiger partial charge is 0.0208 e. The van der Waals surface area contributed by atoms with Crippen LogP contribution in [0.25, 0.3) is 0 Å². The fraction of sp³-hybridized carbons (Fsp3) is 0.400. The van der Waals surface area contributed by atoms with Crippen LogP contribution >= 0.6 is 15.9 Å². The second kappa shape index (κ2) is 4.99. The number of benzene rings is 1. The summed E-state index contributed by atoms with van der Waals surface area (Å²) in [7, 11) is 0. The van der Waals surface area contributed by atoms with Crippen molar-refractivity contribution in [3.63, 3.8) is 0 Å². The summed E-state index contributed by atoms with van der Waals surface area (Å²) in [6.45, 7) is 1.01. The zero-order valence-corrected chi connectivity index (χ0v) is 9.61.